The summed E-state index contributed by atoms with van der Waals surface area (Å²) in [5.41, 5.74) is -0.444. The fraction of sp³-hybridized carbons (Fsp3) is 0.167. The van der Waals surface area contributed by atoms with E-state index in [1.54, 1.807) is 24.3 Å². The zero-order chi connectivity index (χ0) is 12.4. The van der Waals surface area contributed by atoms with Gasteiger partial charge < -0.3 is 13.9 Å². The van der Waals surface area contributed by atoms with Crippen LogP contribution < -0.4 is 10.4 Å². The predicted octanol–water partition coefficient (Wildman–Crippen LogP) is 1.54. The summed E-state index contributed by atoms with van der Waals surface area (Å²) >= 11 is 0. The van der Waals surface area contributed by atoms with Gasteiger partial charge in [0.1, 0.15) is 11.5 Å². The topological polar surface area (TPSA) is 65.7 Å². The van der Waals surface area contributed by atoms with Crippen LogP contribution in [0, 0.1) is 0 Å². The number of hydrogen-bond acceptors (Lipinski definition) is 5. The van der Waals surface area contributed by atoms with Crippen LogP contribution in [0.25, 0.3) is 11.3 Å². The van der Waals surface area contributed by atoms with Crippen molar-refractivity contribution >= 4 is 5.97 Å². The van der Waals surface area contributed by atoms with Gasteiger partial charge in [-0.2, -0.15) is 0 Å². The SMILES string of the molecule is COC(=O)c1c2cc(OC)cccc-2oc1=O. The highest BCUT2D eigenvalue weighted by molar-refractivity contribution is 5.96. The van der Waals surface area contributed by atoms with Crippen molar-refractivity contribution in [3.63, 3.8) is 0 Å². The summed E-state index contributed by atoms with van der Waals surface area (Å²) in [6, 6.07) is 6.52. The summed E-state index contributed by atoms with van der Waals surface area (Å²) in [7, 11) is 2.71. The number of esters is 1. The summed E-state index contributed by atoms with van der Waals surface area (Å²) in [5.74, 6) is 0.117. The van der Waals surface area contributed by atoms with Crippen molar-refractivity contribution in [3.8, 4) is 17.1 Å². The minimum absolute atomic E-state index is 0.114. The molecule has 1 heterocycles. The molecular weight excluding hydrogens is 224 g/mol. The molecule has 17 heavy (non-hydrogen) atoms. The Morgan fingerprint density at radius 1 is 1.29 bits per heavy atom. The predicted molar refractivity (Wildman–Crippen MR) is 59.5 cm³/mol. The van der Waals surface area contributed by atoms with Crippen molar-refractivity contribution < 1.29 is 18.7 Å². The van der Waals surface area contributed by atoms with E-state index >= 15 is 0 Å². The number of ether oxygens (including phenoxy) is 2. The molecule has 0 aromatic heterocycles. The zero-order valence-corrected chi connectivity index (χ0v) is 9.35. The van der Waals surface area contributed by atoms with E-state index in [2.05, 4.69) is 4.74 Å². The molecule has 0 spiro atoms. The molecule has 0 radical (unpaired) electrons. The third-order valence-electron chi connectivity index (χ3n) is 2.36. The van der Waals surface area contributed by atoms with E-state index in [-0.39, 0.29) is 5.56 Å². The van der Waals surface area contributed by atoms with Crippen molar-refractivity contribution in [2.24, 2.45) is 0 Å². The molecule has 88 valence electrons. The Balaban J connectivity index is 2.74. The van der Waals surface area contributed by atoms with Gasteiger partial charge >= 0.3 is 11.6 Å². The summed E-state index contributed by atoms with van der Waals surface area (Å²) in [5, 5.41) is 0. The first-order valence-electron chi connectivity index (χ1n) is 4.86. The Morgan fingerprint density at radius 3 is 2.71 bits per heavy atom. The van der Waals surface area contributed by atoms with Gasteiger partial charge in [-0.05, 0) is 18.2 Å². The lowest BCUT2D eigenvalue weighted by atomic mass is 10.1. The molecule has 1 aliphatic carbocycles. The van der Waals surface area contributed by atoms with Gasteiger partial charge in [-0.15, -0.1) is 0 Å². The van der Waals surface area contributed by atoms with E-state index in [0.717, 1.165) is 0 Å². The lowest BCUT2D eigenvalue weighted by Crippen LogP contribution is -2.11. The fourth-order valence-electron chi connectivity index (χ4n) is 1.55. The Labute approximate surface area is 96.9 Å². The molecule has 5 nitrogen and oxygen atoms in total. The monoisotopic (exact) mass is 234 g/mol. The van der Waals surface area contributed by atoms with Crippen LogP contribution in [0.4, 0.5) is 0 Å². The third kappa shape index (κ3) is 1.87. The van der Waals surface area contributed by atoms with Gasteiger partial charge in [0.15, 0.2) is 5.56 Å². The molecule has 0 amide bonds. The molecule has 0 N–H and O–H groups in total. The van der Waals surface area contributed by atoms with Crippen LogP contribution in [0.2, 0.25) is 0 Å². The van der Waals surface area contributed by atoms with Crippen LogP contribution in [-0.2, 0) is 4.74 Å². The van der Waals surface area contributed by atoms with Crippen molar-refractivity contribution in [2.45, 2.75) is 0 Å². The number of fused-ring (bicyclic) bond motifs is 1. The van der Waals surface area contributed by atoms with Gasteiger partial charge in [0.25, 0.3) is 0 Å². The van der Waals surface area contributed by atoms with Gasteiger partial charge in [0, 0.05) is 5.56 Å². The maximum Gasteiger partial charge on any atom is 0.351 e. The fourth-order valence-corrected chi connectivity index (χ4v) is 1.55. The molecule has 2 aliphatic rings. The average molecular weight is 234 g/mol. The molecule has 5 heteroatoms. The standard InChI is InChI=1S/C12H10O5/c1-15-7-4-3-5-9-8(6-7)10(11(13)16-2)12(14)17-9/h3-6H,1-2H3. The molecule has 0 aromatic rings. The summed E-state index contributed by atoms with van der Waals surface area (Å²) in [6.45, 7) is 0. The molecule has 0 aromatic carbocycles. The van der Waals surface area contributed by atoms with Crippen molar-refractivity contribution in [2.75, 3.05) is 14.2 Å². The number of carbonyl (C=O) groups is 1. The first-order valence-corrected chi connectivity index (χ1v) is 4.86. The molecule has 0 saturated carbocycles. The lowest BCUT2D eigenvalue weighted by molar-refractivity contribution is 0.0599. The van der Waals surface area contributed by atoms with Crippen LogP contribution in [0.3, 0.4) is 0 Å². The Kier molecular flexibility index (Phi) is 2.82. The normalized spacial score (nSPS) is 10.2. The highest BCUT2D eigenvalue weighted by Crippen LogP contribution is 2.27. The minimum Gasteiger partial charge on any atom is -0.497 e. The van der Waals surface area contributed by atoms with Gasteiger partial charge in [-0.3, -0.25) is 0 Å². The highest BCUT2D eigenvalue weighted by Gasteiger charge is 2.24. The van der Waals surface area contributed by atoms with E-state index < -0.39 is 11.6 Å². The van der Waals surface area contributed by atoms with Gasteiger partial charge in [-0.25, -0.2) is 9.59 Å². The maximum absolute atomic E-state index is 11.5. The molecule has 0 fully saturated rings. The zero-order valence-electron chi connectivity index (χ0n) is 9.35. The van der Waals surface area contributed by atoms with Crippen LogP contribution in [-0.4, -0.2) is 20.2 Å². The van der Waals surface area contributed by atoms with E-state index in [1.807, 2.05) is 0 Å². The average Bonchev–Trinajstić information content (AvgIpc) is 2.50. The number of furan rings is 1. The molecule has 0 unspecified atom stereocenters. The quantitative estimate of drug-likeness (QED) is 0.737. The Bertz CT molecular complexity index is 584. The number of carbonyl (C=O) groups excluding carboxylic acids is 1. The van der Waals surface area contributed by atoms with Gasteiger partial charge in [-0.1, -0.05) is 6.07 Å². The number of rotatable bonds is 2. The molecule has 0 saturated heterocycles. The summed E-state index contributed by atoms with van der Waals surface area (Å²) < 4.78 is 14.6. The lowest BCUT2D eigenvalue weighted by Gasteiger charge is -1.97. The second kappa shape index (κ2) is 4.29. The van der Waals surface area contributed by atoms with Crippen LogP contribution in [0.15, 0.2) is 33.5 Å². The smallest absolute Gasteiger partial charge is 0.351 e. The van der Waals surface area contributed by atoms with E-state index in [9.17, 15) is 9.59 Å². The van der Waals surface area contributed by atoms with Crippen LogP contribution >= 0.6 is 0 Å². The molecular formula is C12H10O5. The van der Waals surface area contributed by atoms with Gasteiger partial charge in [0.2, 0.25) is 0 Å². The van der Waals surface area contributed by atoms with Crippen molar-refractivity contribution in [1.82, 2.24) is 0 Å². The maximum atomic E-state index is 11.5. The first kappa shape index (κ1) is 11.2. The minimum atomic E-state index is -0.720. The Hall–Kier alpha value is -2.30. The van der Waals surface area contributed by atoms with Crippen LogP contribution in [0.1, 0.15) is 10.4 Å². The Morgan fingerprint density at radius 2 is 2.06 bits per heavy atom. The van der Waals surface area contributed by atoms with E-state index in [0.29, 0.717) is 17.1 Å². The van der Waals surface area contributed by atoms with Crippen molar-refractivity contribution in [3.05, 3.63) is 40.2 Å². The largest absolute Gasteiger partial charge is 0.497 e. The molecule has 0 bridgehead atoms. The molecule has 2 rings (SSSR count). The van der Waals surface area contributed by atoms with Gasteiger partial charge in [0.05, 0.1) is 14.2 Å². The number of methoxy groups -OCH3 is 2. The molecule has 1 aliphatic heterocycles. The second-order valence-electron chi connectivity index (χ2n) is 3.31. The third-order valence-corrected chi connectivity index (χ3v) is 2.36. The van der Waals surface area contributed by atoms with E-state index in [4.69, 9.17) is 9.15 Å². The second-order valence-corrected chi connectivity index (χ2v) is 3.31. The van der Waals surface area contributed by atoms with Crippen LogP contribution in [0.5, 0.6) is 5.75 Å². The number of hydrogen-bond donors (Lipinski definition) is 0. The molecule has 0 atom stereocenters. The highest BCUT2D eigenvalue weighted by atomic mass is 16.5. The summed E-state index contributed by atoms with van der Waals surface area (Å²) in [6.07, 6.45) is 0. The summed E-state index contributed by atoms with van der Waals surface area (Å²) in [4.78, 5) is 23.0. The van der Waals surface area contributed by atoms with Crippen molar-refractivity contribution in [1.29, 1.82) is 0 Å². The first-order chi connectivity index (χ1) is 8.17. The van der Waals surface area contributed by atoms with E-state index in [1.165, 1.54) is 14.2 Å².